The van der Waals surface area contributed by atoms with E-state index < -0.39 is 11.7 Å². The van der Waals surface area contributed by atoms with Crippen LogP contribution in [0.4, 0.5) is 4.39 Å². The normalized spacial score (nSPS) is 11.8. The van der Waals surface area contributed by atoms with E-state index in [0.717, 1.165) is 0 Å². The van der Waals surface area contributed by atoms with Gasteiger partial charge in [-0.05, 0) is 53.2 Å². The quantitative estimate of drug-likeness (QED) is 0.399. The summed E-state index contributed by atoms with van der Waals surface area (Å²) in [5.41, 5.74) is 1.07. The predicted molar refractivity (Wildman–Crippen MR) is 115 cm³/mol. The third kappa shape index (κ3) is 4.00. The number of aromatic nitrogens is 4. The lowest BCUT2D eigenvalue weighted by atomic mass is 9.90. The van der Waals surface area contributed by atoms with Crippen molar-refractivity contribution in [2.75, 3.05) is 0 Å². The molecule has 0 aliphatic carbocycles. The molecule has 31 heavy (non-hydrogen) atoms. The van der Waals surface area contributed by atoms with Gasteiger partial charge in [0.2, 0.25) is 0 Å². The first-order valence-corrected chi connectivity index (χ1v) is 10.1. The Balaban J connectivity index is 1.83. The zero-order valence-electron chi connectivity index (χ0n) is 15.9. The molecule has 1 atom stereocenters. The topological polar surface area (TPSA) is 105 Å². The molecule has 0 aliphatic heterocycles. The summed E-state index contributed by atoms with van der Waals surface area (Å²) in [4.78, 5) is 12.6. The molecule has 10 heteroatoms. The van der Waals surface area contributed by atoms with Crippen LogP contribution in [-0.2, 0) is 4.79 Å². The van der Waals surface area contributed by atoms with E-state index in [1.54, 1.807) is 12.1 Å². The summed E-state index contributed by atoms with van der Waals surface area (Å²) < 4.78 is 21.7. The first-order valence-electron chi connectivity index (χ1n) is 8.91. The maximum atomic E-state index is 15.6. The number of nitrogens with one attached hydrogen (secondary N) is 1. The number of aromatic amines is 1. The van der Waals surface area contributed by atoms with E-state index in [1.807, 2.05) is 6.07 Å². The van der Waals surface area contributed by atoms with Gasteiger partial charge in [0.05, 0.1) is 33.9 Å². The molecule has 0 spiro atoms. The Labute approximate surface area is 188 Å². The van der Waals surface area contributed by atoms with Gasteiger partial charge in [0.25, 0.3) is 0 Å². The number of ketones is 1. The molecule has 0 aliphatic rings. The highest BCUT2D eigenvalue weighted by Gasteiger charge is 2.29. The van der Waals surface area contributed by atoms with Crippen LogP contribution in [0.2, 0.25) is 5.02 Å². The Morgan fingerprint density at radius 2 is 2.13 bits per heavy atom. The molecular formula is C21H12BrClFN5O2. The van der Waals surface area contributed by atoms with Gasteiger partial charge in [-0.1, -0.05) is 17.7 Å². The van der Waals surface area contributed by atoms with Gasteiger partial charge in [-0.25, -0.2) is 4.39 Å². The number of carbonyl (C=O) groups is 1. The fourth-order valence-corrected chi connectivity index (χ4v) is 3.85. The van der Waals surface area contributed by atoms with Crippen LogP contribution in [0.1, 0.15) is 29.7 Å². The van der Waals surface area contributed by atoms with Crippen LogP contribution in [0.25, 0.3) is 11.0 Å². The summed E-state index contributed by atoms with van der Waals surface area (Å²) in [6, 6.07) is 11.1. The average Bonchev–Trinajstić information content (AvgIpc) is 3.16. The van der Waals surface area contributed by atoms with Crippen molar-refractivity contribution in [3.63, 3.8) is 0 Å². The second-order valence-corrected chi connectivity index (χ2v) is 7.91. The standard InChI is InChI=1S/C21H12BrClFN5O2/c1-10(30)17(19-15-4-5-26-28-21(15)29-27-19)14-2-3-16(22)20(18(14)24)31-13-7-11(9-25)6-12(23)8-13/h2-8,17H,1H3,(H,27,28,29). The van der Waals surface area contributed by atoms with Gasteiger partial charge in [-0.15, -0.1) is 5.10 Å². The molecule has 0 fully saturated rings. The summed E-state index contributed by atoms with van der Waals surface area (Å²) in [6.45, 7) is 1.36. The summed E-state index contributed by atoms with van der Waals surface area (Å²) >= 11 is 9.30. The summed E-state index contributed by atoms with van der Waals surface area (Å²) in [5.74, 6) is -2.02. The Morgan fingerprint density at radius 3 is 2.87 bits per heavy atom. The van der Waals surface area contributed by atoms with Gasteiger partial charge >= 0.3 is 0 Å². The van der Waals surface area contributed by atoms with Crippen molar-refractivity contribution in [2.24, 2.45) is 0 Å². The third-order valence-electron chi connectivity index (χ3n) is 4.57. The molecule has 2 aromatic heterocycles. The van der Waals surface area contributed by atoms with Gasteiger partial charge < -0.3 is 4.74 Å². The highest BCUT2D eigenvalue weighted by molar-refractivity contribution is 9.10. The summed E-state index contributed by atoms with van der Waals surface area (Å²) in [6.07, 6.45) is 1.47. The van der Waals surface area contributed by atoms with Gasteiger partial charge in [-0.2, -0.15) is 15.5 Å². The van der Waals surface area contributed by atoms with Crippen molar-refractivity contribution in [3.8, 4) is 17.6 Å². The van der Waals surface area contributed by atoms with Crippen molar-refractivity contribution in [2.45, 2.75) is 12.8 Å². The number of H-pyrrole nitrogens is 1. The number of carbonyl (C=O) groups excluding carboxylic acids is 1. The molecule has 0 saturated carbocycles. The number of halogens is 3. The number of rotatable bonds is 5. The fourth-order valence-electron chi connectivity index (χ4n) is 3.24. The number of fused-ring (bicyclic) bond motifs is 1. The zero-order valence-corrected chi connectivity index (χ0v) is 18.2. The largest absolute Gasteiger partial charge is 0.453 e. The number of nitrogens with zero attached hydrogens (tertiary/aromatic N) is 4. The number of hydrogen-bond donors (Lipinski definition) is 1. The highest BCUT2D eigenvalue weighted by atomic mass is 79.9. The molecule has 7 nitrogen and oxygen atoms in total. The molecule has 2 aromatic carbocycles. The number of Topliss-reactive ketones (excluding diaryl/α,β-unsaturated/α-hetero) is 1. The molecule has 4 aromatic rings. The molecule has 0 saturated heterocycles. The second-order valence-electron chi connectivity index (χ2n) is 6.62. The molecular weight excluding hydrogens is 489 g/mol. The Bertz CT molecular complexity index is 1370. The first kappa shape index (κ1) is 20.9. The molecule has 2 heterocycles. The van der Waals surface area contributed by atoms with Crippen LogP contribution in [0.5, 0.6) is 11.5 Å². The van der Waals surface area contributed by atoms with Crippen LogP contribution < -0.4 is 4.74 Å². The smallest absolute Gasteiger partial charge is 0.178 e. The molecule has 1 N–H and O–H groups in total. The van der Waals surface area contributed by atoms with Gasteiger partial charge in [0.15, 0.2) is 17.2 Å². The van der Waals surface area contributed by atoms with Gasteiger partial charge in [0.1, 0.15) is 11.5 Å². The Kier molecular flexibility index (Phi) is 5.67. The fraction of sp³-hybridized carbons (Fsp3) is 0.0952. The molecule has 1 unspecified atom stereocenters. The van der Waals surface area contributed by atoms with E-state index in [0.29, 0.717) is 21.2 Å². The highest BCUT2D eigenvalue weighted by Crippen LogP contribution is 2.40. The predicted octanol–water partition coefficient (Wildman–Crippen LogP) is 5.29. The lowest BCUT2D eigenvalue weighted by Gasteiger charge is -2.17. The molecule has 0 radical (unpaired) electrons. The monoisotopic (exact) mass is 499 g/mol. The minimum Gasteiger partial charge on any atom is -0.453 e. The van der Waals surface area contributed by atoms with Crippen LogP contribution >= 0.6 is 27.5 Å². The SMILES string of the molecule is CC(=O)C(c1ccc(Br)c(Oc2cc(Cl)cc(C#N)c2)c1F)c1n[nH]c2nnccc12. The molecule has 0 amide bonds. The summed E-state index contributed by atoms with van der Waals surface area (Å²) in [7, 11) is 0. The van der Waals surface area contributed by atoms with Gasteiger partial charge in [0, 0.05) is 16.0 Å². The maximum Gasteiger partial charge on any atom is 0.178 e. The number of ether oxygens (including phenoxy) is 1. The lowest BCUT2D eigenvalue weighted by Crippen LogP contribution is -2.14. The van der Waals surface area contributed by atoms with E-state index in [1.165, 1.54) is 37.4 Å². The summed E-state index contributed by atoms with van der Waals surface area (Å²) in [5, 5.41) is 24.6. The molecule has 154 valence electrons. The molecule has 0 bridgehead atoms. The van der Waals surface area contributed by atoms with Crippen LogP contribution in [-0.4, -0.2) is 26.2 Å². The van der Waals surface area contributed by atoms with Crippen molar-refractivity contribution in [1.29, 1.82) is 5.26 Å². The van der Waals surface area contributed by atoms with E-state index in [-0.39, 0.29) is 33.4 Å². The van der Waals surface area contributed by atoms with Gasteiger partial charge in [-0.3, -0.25) is 9.89 Å². The molecule has 4 rings (SSSR count). The average molecular weight is 501 g/mol. The van der Waals surface area contributed by atoms with Crippen LogP contribution in [0, 0.1) is 17.1 Å². The van der Waals surface area contributed by atoms with Crippen molar-refractivity contribution in [1.82, 2.24) is 20.4 Å². The third-order valence-corrected chi connectivity index (χ3v) is 5.41. The number of benzene rings is 2. The van der Waals surface area contributed by atoms with E-state index in [2.05, 4.69) is 36.3 Å². The van der Waals surface area contributed by atoms with E-state index in [4.69, 9.17) is 21.6 Å². The van der Waals surface area contributed by atoms with Crippen LogP contribution in [0.3, 0.4) is 0 Å². The number of hydrogen-bond acceptors (Lipinski definition) is 6. The minimum absolute atomic E-state index is 0.0819. The Morgan fingerprint density at radius 1 is 1.32 bits per heavy atom. The second kappa shape index (κ2) is 8.41. The first-order chi connectivity index (χ1) is 14.9. The van der Waals surface area contributed by atoms with E-state index >= 15 is 4.39 Å². The van der Waals surface area contributed by atoms with Crippen LogP contribution in [0.15, 0.2) is 47.1 Å². The van der Waals surface area contributed by atoms with E-state index in [9.17, 15) is 4.79 Å². The maximum absolute atomic E-state index is 15.6. The van der Waals surface area contributed by atoms with Crippen molar-refractivity contribution >= 4 is 44.3 Å². The zero-order chi connectivity index (χ0) is 22.1. The lowest BCUT2D eigenvalue weighted by molar-refractivity contribution is -0.117. The Hall–Kier alpha value is -3.35. The van der Waals surface area contributed by atoms with Crippen molar-refractivity contribution < 1.29 is 13.9 Å². The number of nitriles is 1. The minimum atomic E-state index is -0.998. The van der Waals surface area contributed by atoms with Crippen molar-refractivity contribution in [3.05, 3.63) is 74.7 Å².